The highest BCUT2D eigenvalue weighted by Gasteiger charge is 2.35. The Labute approximate surface area is 207 Å². The van der Waals surface area contributed by atoms with E-state index in [1.54, 1.807) is 13.3 Å². The minimum Gasteiger partial charge on any atom is -0.481 e. The van der Waals surface area contributed by atoms with Crippen molar-refractivity contribution in [2.75, 3.05) is 34.3 Å². The van der Waals surface area contributed by atoms with Crippen LogP contribution >= 0.6 is 0 Å². The molecule has 10 heteroatoms. The van der Waals surface area contributed by atoms with E-state index in [1.807, 2.05) is 44.4 Å². The highest BCUT2D eigenvalue weighted by molar-refractivity contribution is 8.04. The second-order valence-corrected chi connectivity index (χ2v) is 11.3. The molecule has 0 N–H and O–H groups in total. The summed E-state index contributed by atoms with van der Waals surface area (Å²) in [4.78, 5) is 6.34. The number of sulfonamides is 1. The molecule has 0 amide bonds. The molecule has 0 bridgehead atoms. The third-order valence-electron chi connectivity index (χ3n) is 6.51. The number of ether oxygens (including phenoxy) is 2. The largest absolute Gasteiger partial charge is 0.481 e. The van der Waals surface area contributed by atoms with Crippen LogP contribution in [0.3, 0.4) is 0 Å². The highest BCUT2D eigenvalue weighted by Crippen LogP contribution is 2.38. The summed E-state index contributed by atoms with van der Waals surface area (Å²) < 4.78 is 39.5. The lowest BCUT2D eigenvalue weighted by Crippen LogP contribution is -2.46. The number of hydrogen-bond acceptors (Lipinski definition) is 8. The molecule has 35 heavy (non-hydrogen) atoms. The molecule has 2 aromatic rings. The van der Waals surface area contributed by atoms with E-state index in [0.717, 1.165) is 29.5 Å². The van der Waals surface area contributed by atoms with Gasteiger partial charge in [0, 0.05) is 37.0 Å². The molecule has 0 unspecified atom stereocenters. The summed E-state index contributed by atoms with van der Waals surface area (Å²) in [5.41, 5.74) is 2.72. The first-order valence-electron chi connectivity index (χ1n) is 11.8. The van der Waals surface area contributed by atoms with Gasteiger partial charge < -0.3 is 14.4 Å². The van der Waals surface area contributed by atoms with E-state index in [-0.39, 0.29) is 23.3 Å². The van der Waals surface area contributed by atoms with Crippen LogP contribution in [0.15, 0.2) is 46.7 Å². The molecule has 1 fully saturated rings. The van der Waals surface area contributed by atoms with Gasteiger partial charge in [-0.05, 0) is 50.0 Å². The van der Waals surface area contributed by atoms with Gasteiger partial charge in [-0.2, -0.15) is 4.31 Å². The van der Waals surface area contributed by atoms with Gasteiger partial charge in [-0.3, -0.25) is 0 Å². The number of methoxy groups -OCH3 is 1. The van der Waals surface area contributed by atoms with Crippen molar-refractivity contribution in [3.8, 4) is 22.8 Å². The third kappa shape index (κ3) is 5.39. The van der Waals surface area contributed by atoms with Crippen LogP contribution in [0.4, 0.5) is 0 Å². The third-order valence-corrected chi connectivity index (χ3v) is 8.38. The van der Waals surface area contributed by atoms with Gasteiger partial charge in [0.05, 0.1) is 13.5 Å². The first-order valence-corrected chi connectivity index (χ1v) is 13.3. The average Bonchev–Trinajstić information content (AvgIpc) is 3.33. The summed E-state index contributed by atoms with van der Waals surface area (Å²) in [5.74, 6) is 1.58. The van der Waals surface area contributed by atoms with E-state index >= 15 is 0 Å². The van der Waals surface area contributed by atoms with Crippen LogP contribution in [0, 0.1) is 0 Å². The number of nitrogens with zero attached hydrogens (tertiary/aromatic N) is 5. The quantitative estimate of drug-likeness (QED) is 0.601. The molecule has 0 atom stereocenters. The molecule has 0 radical (unpaired) electrons. The molecule has 3 heterocycles. The minimum absolute atomic E-state index is 0.0292. The normalized spacial score (nSPS) is 17.6. The van der Waals surface area contributed by atoms with Crippen molar-refractivity contribution in [1.82, 2.24) is 14.2 Å². The fraction of sp³-hybridized carbons (Fsp3) is 0.480. The van der Waals surface area contributed by atoms with Crippen LogP contribution in [0.2, 0.25) is 0 Å². The van der Waals surface area contributed by atoms with Crippen molar-refractivity contribution >= 4 is 21.0 Å². The lowest BCUT2D eigenvalue weighted by Gasteiger charge is -2.34. The number of hydrogen-bond donors (Lipinski definition) is 0. The van der Waals surface area contributed by atoms with Crippen molar-refractivity contribution in [2.24, 2.45) is 10.2 Å². The Morgan fingerprint density at radius 1 is 1.11 bits per heavy atom. The molecule has 0 aliphatic carbocycles. The van der Waals surface area contributed by atoms with Gasteiger partial charge in [-0.25, -0.2) is 13.4 Å². The van der Waals surface area contributed by atoms with Crippen LogP contribution in [-0.4, -0.2) is 73.9 Å². The van der Waals surface area contributed by atoms with Crippen molar-refractivity contribution in [1.29, 1.82) is 0 Å². The van der Waals surface area contributed by atoms with E-state index in [9.17, 15) is 8.42 Å². The van der Waals surface area contributed by atoms with Crippen molar-refractivity contribution < 1.29 is 17.9 Å². The van der Waals surface area contributed by atoms with Gasteiger partial charge in [-0.15, -0.1) is 10.2 Å². The number of aromatic nitrogens is 1. The van der Waals surface area contributed by atoms with Crippen LogP contribution in [0.25, 0.3) is 11.1 Å². The lowest BCUT2D eigenvalue weighted by atomic mass is 9.96. The predicted molar refractivity (Wildman–Crippen MR) is 138 cm³/mol. The minimum atomic E-state index is -3.69. The fourth-order valence-electron chi connectivity index (χ4n) is 4.42. The molecule has 9 nitrogen and oxygen atoms in total. The van der Waals surface area contributed by atoms with Gasteiger partial charge in [0.15, 0.2) is 5.04 Å². The molecular formula is C25H33N5O4S. The topological polar surface area (TPSA) is 96.7 Å². The number of benzene rings is 1. The molecular weight excluding hydrogens is 466 g/mol. The maximum absolute atomic E-state index is 13.2. The molecule has 0 saturated carbocycles. The maximum atomic E-state index is 13.2. The summed E-state index contributed by atoms with van der Waals surface area (Å²) in [6.07, 6.45) is 3.30. The van der Waals surface area contributed by atoms with Gasteiger partial charge in [0.1, 0.15) is 5.75 Å². The Balaban J connectivity index is 1.54. The summed E-state index contributed by atoms with van der Waals surface area (Å²) in [5, 5.41) is 8.18. The molecule has 1 aromatic heterocycles. The zero-order chi connectivity index (χ0) is 25.2. The monoisotopic (exact) mass is 499 g/mol. The van der Waals surface area contributed by atoms with E-state index in [4.69, 9.17) is 9.47 Å². The molecule has 2 aliphatic heterocycles. The van der Waals surface area contributed by atoms with Gasteiger partial charge >= 0.3 is 0 Å². The Morgan fingerprint density at radius 3 is 2.51 bits per heavy atom. The van der Waals surface area contributed by atoms with Gasteiger partial charge in [0.2, 0.25) is 11.8 Å². The van der Waals surface area contributed by atoms with Crippen molar-refractivity contribution in [3.05, 3.63) is 42.1 Å². The number of pyridine rings is 1. The van der Waals surface area contributed by atoms with Crippen molar-refractivity contribution in [3.63, 3.8) is 0 Å². The Hall–Kier alpha value is -2.82. The van der Waals surface area contributed by atoms with Gasteiger partial charge in [0.25, 0.3) is 10.0 Å². The first-order chi connectivity index (χ1) is 16.7. The molecule has 4 rings (SSSR count). The molecule has 2 aliphatic rings. The predicted octanol–water partition coefficient (Wildman–Crippen LogP) is 3.73. The standard InChI is InChI=1S/C25H33N5O4S/c1-17(2)20-7-6-8-21(18-9-12-26-22(15-18)33-5)25(20)34-23-16-24(28-27-23)35(31,32)30-13-10-19(11-14-30)29(3)4/h6-9,12,15,17,19H,10-11,13-14,16H2,1-5H3. The van der Waals surface area contributed by atoms with Crippen LogP contribution in [0.5, 0.6) is 11.6 Å². The number of piperidine rings is 1. The smallest absolute Gasteiger partial charge is 0.258 e. The molecule has 1 saturated heterocycles. The average molecular weight is 500 g/mol. The first kappa shape index (κ1) is 25.3. The highest BCUT2D eigenvalue weighted by atomic mass is 32.2. The SMILES string of the molecule is COc1cc(-c2cccc(C(C)C)c2OC2=NN=C(S(=O)(=O)N3CCC(N(C)C)CC3)C2)ccn1. The second-order valence-electron chi connectivity index (χ2n) is 9.33. The van der Waals surface area contributed by atoms with E-state index in [2.05, 4.69) is 33.9 Å². The molecule has 1 aromatic carbocycles. The zero-order valence-corrected chi connectivity index (χ0v) is 21.7. The Morgan fingerprint density at radius 2 is 1.86 bits per heavy atom. The van der Waals surface area contributed by atoms with E-state index in [0.29, 0.717) is 30.8 Å². The molecule has 0 spiro atoms. The zero-order valence-electron chi connectivity index (χ0n) is 20.9. The van der Waals surface area contributed by atoms with Crippen LogP contribution in [-0.2, 0) is 10.0 Å². The summed E-state index contributed by atoms with van der Waals surface area (Å²) in [6, 6.07) is 10.1. The molecule has 188 valence electrons. The van der Waals surface area contributed by atoms with Gasteiger partial charge in [-0.1, -0.05) is 32.0 Å². The van der Waals surface area contributed by atoms with E-state index in [1.165, 1.54) is 4.31 Å². The summed E-state index contributed by atoms with van der Waals surface area (Å²) in [7, 11) is 1.94. The Kier molecular flexibility index (Phi) is 7.53. The Bertz CT molecular complexity index is 1230. The van der Waals surface area contributed by atoms with Crippen LogP contribution in [0.1, 0.15) is 44.6 Å². The fourth-order valence-corrected chi connectivity index (χ4v) is 5.86. The maximum Gasteiger partial charge on any atom is 0.258 e. The number of rotatable bonds is 6. The van der Waals surface area contributed by atoms with Crippen LogP contribution < -0.4 is 9.47 Å². The second kappa shape index (κ2) is 10.4. The number of para-hydroxylation sites is 1. The van der Waals surface area contributed by atoms with E-state index < -0.39 is 10.0 Å². The summed E-state index contributed by atoms with van der Waals surface area (Å²) >= 11 is 0. The van der Waals surface area contributed by atoms with Crippen molar-refractivity contribution in [2.45, 2.75) is 45.1 Å². The lowest BCUT2D eigenvalue weighted by molar-refractivity contribution is 0.198. The summed E-state index contributed by atoms with van der Waals surface area (Å²) in [6.45, 7) is 5.12.